The summed E-state index contributed by atoms with van der Waals surface area (Å²) < 4.78 is 5.19. The zero-order chi connectivity index (χ0) is 20.8. The van der Waals surface area contributed by atoms with Crippen molar-refractivity contribution in [3.63, 3.8) is 0 Å². The molecule has 0 saturated carbocycles. The molecule has 0 spiro atoms. The van der Waals surface area contributed by atoms with Gasteiger partial charge in [-0.15, -0.1) is 0 Å². The van der Waals surface area contributed by atoms with Crippen LogP contribution in [0.4, 0.5) is 4.79 Å². The van der Waals surface area contributed by atoms with Crippen LogP contribution in [-0.2, 0) is 9.53 Å². The first-order valence-electron chi connectivity index (χ1n) is 9.20. The van der Waals surface area contributed by atoms with Crippen LogP contribution in [0.5, 0.6) is 0 Å². The van der Waals surface area contributed by atoms with Gasteiger partial charge in [0.1, 0.15) is 0 Å². The van der Waals surface area contributed by atoms with E-state index in [-0.39, 0.29) is 0 Å². The van der Waals surface area contributed by atoms with Gasteiger partial charge >= 0.3 is 12.0 Å². The number of urea groups is 1. The monoisotopic (exact) mass is 391 g/mol. The van der Waals surface area contributed by atoms with Crippen LogP contribution in [0.15, 0.2) is 54.6 Å². The van der Waals surface area contributed by atoms with E-state index in [9.17, 15) is 14.4 Å². The number of amides is 3. The maximum Gasteiger partial charge on any atom is 0.339 e. The molecule has 0 saturated heterocycles. The van der Waals surface area contributed by atoms with E-state index in [2.05, 4.69) is 10.6 Å². The molecule has 7 nitrogen and oxygen atoms in total. The van der Waals surface area contributed by atoms with Crippen molar-refractivity contribution in [2.45, 2.75) is 13.8 Å². The predicted molar refractivity (Wildman–Crippen MR) is 109 cm³/mol. The Morgan fingerprint density at radius 2 is 1.69 bits per heavy atom. The highest BCUT2D eigenvalue weighted by Crippen LogP contribution is 2.30. The first kappa shape index (κ1) is 20.0. The van der Waals surface area contributed by atoms with Gasteiger partial charge in [0.05, 0.1) is 16.8 Å². The molecule has 7 heteroatoms. The van der Waals surface area contributed by atoms with Gasteiger partial charge in [0.2, 0.25) is 0 Å². The molecule has 0 aliphatic rings. The van der Waals surface area contributed by atoms with Gasteiger partial charge < -0.3 is 10.1 Å². The van der Waals surface area contributed by atoms with E-state index < -0.39 is 24.5 Å². The molecule has 3 rings (SSSR count). The summed E-state index contributed by atoms with van der Waals surface area (Å²) in [4.78, 5) is 40.8. The van der Waals surface area contributed by atoms with Gasteiger partial charge in [0, 0.05) is 17.5 Å². The second-order valence-corrected chi connectivity index (χ2v) is 6.33. The molecule has 0 unspecified atom stereocenters. The molecular formula is C22H21N3O4. The van der Waals surface area contributed by atoms with Crippen LogP contribution in [0, 0.1) is 6.92 Å². The number of hydrogen-bond donors (Lipinski definition) is 2. The van der Waals surface area contributed by atoms with E-state index in [0.717, 1.165) is 5.56 Å². The number of benzene rings is 2. The van der Waals surface area contributed by atoms with Gasteiger partial charge in [-0.25, -0.2) is 14.6 Å². The smallest absolute Gasteiger partial charge is 0.339 e. The fourth-order valence-corrected chi connectivity index (χ4v) is 3.02. The molecule has 0 aliphatic heterocycles. The Labute approximate surface area is 168 Å². The van der Waals surface area contributed by atoms with Crippen molar-refractivity contribution in [3.05, 3.63) is 65.7 Å². The molecule has 0 bridgehead atoms. The van der Waals surface area contributed by atoms with E-state index in [1.807, 2.05) is 48.5 Å². The summed E-state index contributed by atoms with van der Waals surface area (Å²) in [5, 5.41) is 5.17. The Kier molecular flexibility index (Phi) is 6.19. The minimum Gasteiger partial charge on any atom is -0.452 e. The van der Waals surface area contributed by atoms with E-state index in [1.54, 1.807) is 19.9 Å². The van der Waals surface area contributed by atoms with Gasteiger partial charge in [0.25, 0.3) is 5.91 Å². The second kappa shape index (κ2) is 8.97. The summed E-state index contributed by atoms with van der Waals surface area (Å²) in [7, 11) is 0. The molecule has 1 aromatic heterocycles. The number of nitrogens with one attached hydrogen (secondary N) is 2. The van der Waals surface area contributed by atoms with Crippen molar-refractivity contribution in [1.82, 2.24) is 15.6 Å². The third kappa shape index (κ3) is 4.57. The molecule has 2 aromatic carbocycles. The van der Waals surface area contributed by atoms with Gasteiger partial charge in [-0.1, -0.05) is 48.5 Å². The van der Waals surface area contributed by atoms with E-state index in [4.69, 9.17) is 9.72 Å². The summed E-state index contributed by atoms with van der Waals surface area (Å²) in [6.45, 7) is 3.34. The summed E-state index contributed by atoms with van der Waals surface area (Å²) in [6, 6.07) is 16.2. The Balaban J connectivity index is 1.91. The molecule has 2 N–H and O–H groups in total. The number of pyridine rings is 1. The Bertz CT molecular complexity index is 1060. The highest BCUT2D eigenvalue weighted by Gasteiger charge is 2.21. The van der Waals surface area contributed by atoms with Gasteiger partial charge in [-0.05, 0) is 25.5 Å². The van der Waals surface area contributed by atoms with Crippen LogP contribution < -0.4 is 10.6 Å². The number of carbonyl (C=O) groups excluding carboxylic acids is 3. The number of ether oxygens (including phenoxy) is 1. The number of imide groups is 1. The van der Waals surface area contributed by atoms with E-state index in [0.29, 0.717) is 34.3 Å². The zero-order valence-electron chi connectivity index (χ0n) is 16.2. The van der Waals surface area contributed by atoms with Crippen molar-refractivity contribution >= 4 is 28.8 Å². The van der Waals surface area contributed by atoms with Crippen LogP contribution >= 0.6 is 0 Å². The number of carbonyl (C=O) groups is 3. The first-order chi connectivity index (χ1) is 14.0. The second-order valence-electron chi connectivity index (χ2n) is 6.33. The van der Waals surface area contributed by atoms with Crippen LogP contribution in [-0.4, -0.2) is 36.0 Å². The fraction of sp³-hybridized carbons (Fsp3) is 0.182. The van der Waals surface area contributed by atoms with Crippen LogP contribution in [0.3, 0.4) is 0 Å². The lowest BCUT2D eigenvalue weighted by molar-refractivity contribution is -0.123. The molecule has 3 aromatic rings. The number of rotatable bonds is 5. The third-order valence-electron chi connectivity index (χ3n) is 4.31. The molecule has 0 atom stereocenters. The lowest BCUT2D eigenvalue weighted by atomic mass is 9.98. The van der Waals surface area contributed by atoms with Crippen molar-refractivity contribution in [2.24, 2.45) is 0 Å². The lowest BCUT2D eigenvalue weighted by Gasteiger charge is -2.14. The first-order valence-corrected chi connectivity index (χ1v) is 9.20. The van der Waals surface area contributed by atoms with Crippen LogP contribution in [0.1, 0.15) is 22.8 Å². The summed E-state index contributed by atoms with van der Waals surface area (Å²) in [5.41, 5.74) is 3.20. The number of nitrogens with zero attached hydrogens (tertiary/aromatic N) is 1. The van der Waals surface area contributed by atoms with Gasteiger partial charge in [0.15, 0.2) is 6.61 Å². The van der Waals surface area contributed by atoms with Crippen molar-refractivity contribution in [1.29, 1.82) is 0 Å². The molecule has 148 valence electrons. The lowest BCUT2D eigenvalue weighted by Crippen LogP contribution is -2.41. The Morgan fingerprint density at radius 3 is 2.41 bits per heavy atom. The standard InChI is InChI=1S/C22H21N3O4/c1-3-23-22(28)25-18(26)13-29-21(27)19-14(2)20(15-9-5-4-6-10-15)24-17-12-8-7-11-16(17)19/h4-12H,3,13H2,1-2H3,(H2,23,25,26,28). The quantitative estimate of drug-likeness (QED) is 0.651. The topological polar surface area (TPSA) is 97.4 Å². The normalized spacial score (nSPS) is 10.4. The van der Waals surface area contributed by atoms with Gasteiger partial charge in [-0.2, -0.15) is 0 Å². The average Bonchev–Trinajstić information content (AvgIpc) is 2.72. The molecular weight excluding hydrogens is 370 g/mol. The van der Waals surface area contributed by atoms with Crippen LogP contribution in [0.2, 0.25) is 0 Å². The largest absolute Gasteiger partial charge is 0.452 e. The van der Waals surface area contributed by atoms with Gasteiger partial charge in [-0.3, -0.25) is 10.1 Å². The molecule has 0 radical (unpaired) electrons. The SMILES string of the molecule is CCNC(=O)NC(=O)COC(=O)c1c(C)c(-c2ccccc2)nc2ccccc12. The Morgan fingerprint density at radius 1 is 1.00 bits per heavy atom. The zero-order valence-corrected chi connectivity index (χ0v) is 16.2. The molecule has 29 heavy (non-hydrogen) atoms. The van der Waals surface area contributed by atoms with Crippen molar-refractivity contribution < 1.29 is 19.1 Å². The summed E-state index contributed by atoms with van der Waals surface area (Å²) in [6.07, 6.45) is 0. The highest BCUT2D eigenvalue weighted by molar-refractivity contribution is 6.07. The van der Waals surface area contributed by atoms with Crippen molar-refractivity contribution in [2.75, 3.05) is 13.2 Å². The number of fused-ring (bicyclic) bond motifs is 1. The summed E-state index contributed by atoms with van der Waals surface area (Å²) in [5.74, 6) is -1.35. The number of hydrogen-bond acceptors (Lipinski definition) is 5. The van der Waals surface area contributed by atoms with E-state index in [1.165, 1.54) is 0 Å². The Hall–Kier alpha value is -3.74. The summed E-state index contributed by atoms with van der Waals surface area (Å²) >= 11 is 0. The number of para-hydroxylation sites is 1. The highest BCUT2D eigenvalue weighted by atomic mass is 16.5. The number of esters is 1. The minimum atomic E-state index is -0.705. The number of aromatic nitrogens is 1. The predicted octanol–water partition coefficient (Wildman–Crippen LogP) is 3.21. The van der Waals surface area contributed by atoms with E-state index >= 15 is 0 Å². The van der Waals surface area contributed by atoms with Crippen molar-refractivity contribution in [3.8, 4) is 11.3 Å². The van der Waals surface area contributed by atoms with Crippen LogP contribution in [0.25, 0.3) is 22.2 Å². The maximum absolute atomic E-state index is 12.8. The molecule has 0 aliphatic carbocycles. The average molecular weight is 391 g/mol. The fourth-order valence-electron chi connectivity index (χ4n) is 3.02. The molecule has 1 heterocycles. The molecule has 0 fully saturated rings. The minimum absolute atomic E-state index is 0.347. The third-order valence-corrected chi connectivity index (χ3v) is 4.31. The maximum atomic E-state index is 12.8. The molecule has 3 amide bonds.